The lowest BCUT2D eigenvalue weighted by molar-refractivity contribution is -0.111. The molecule has 0 radical (unpaired) electrons. The number of nitrogens with zero attached hydrogens (tertiary/aromatic N) is 4. The molecule has 0 bridgehead atoms. The number of aromatic nitrogens is 3. The van der Waals surface area contributed by atoms with Crippen LogP contribution in [-0.2, 0) is 11.8 Å². The molecule has 0 atom stereocenters. The minimum absolute atomic E-state index is 0.0404. The Bertz CT molecular complexity index is 1440. The summed E-state index contributed by atoms with van der Waals surface area (Å²) in [5, 5.41) is 7.18. The van der Waals surface area contributed by atoms with E-state index in [1.165, 1.54) is 6.08 Å². The molecule has 184 valence electrons. The summed E-state index contributed by atoms with van der Waals surface area (Å²) in [6.45, 7) is 5.17. The van der Waals surface area contributed by atoms with E-state index in [0.717, 1.165) is 35.2 Å². The quantitative estimate of drug-likeness (QED) is 0.362. The Morgan fingerprint density at radius 3 is 2.69 bits per heavy atom. The van der Waals surface area contributed by atoms with Gasteiger partial charge in [-0.1, -0.05) is 24.8 Å². The van der Waals surface area contributed by atoms with Gasteiger partial charge in [0.1, 0.15) is 17.6 Å². The summed E-state index contributed by atoms with van der Waals surface area (Å²) in [5.74, 6) is 1.12. The number of para-hydroxylation sites is 1. The fourth-order valence-corrected chi connectivity index (χ4v) is 4.34. The maximum atomic E-state index is 12.1. The lowest BCUT2D eigenvalue weighted by Crippen LogP contribution is -2.51. The van der Waals surface area contributed by atoms with Crippen LogP contribution in [0.15, 0.2) is 67.5 Å². The van der Waals surface area contributed by atoms with Crippen molar-refractivity contribution in [2.45, 2.75) is 6.10 Å². The first kappa shape index (κ1) is 23.4. The second-order valence-corrected chi connectivity index (χ2v) is 8.76. The van der Waals surface area contributed by atoms with E-state index >= 15 is 0 Å². The first-order valence-corrected chi connectivity index (χ1v) is 11.6. The zero-order valence-corrected chi connectivity index (χ0v) is 20.5. The highest BCUT2D eigenvalue weighted by molar-refractivity contribution is 6.00. The maximum Gasteiger partial charge on any atom is 0.247 e. The second-order valence-electron chi connectivity index (χ2n) is 8.76. The number of methoxy groups -OCH3 is 1. The third-order valence-electron chi connectivity index (χ3n) is 6.14. The van der Waals surface area contributed by atoms with Crippen molar-refractivity contribution in [3.8, 4) is 22.8 Å². The van der Waals surface area contributed by atoms with Gasteiger partial charge in [0.15, 0.2) is 0 Å². The highest BCUT2D eigenvalue weighted by Gasteiger charge is 2.27. The third kappa shape index (κ3) is 4.60. The van der Waals surface area contributed by atoms with Gasteiger partial charge < -0.3 is 24.7 Å². The molecule has 0 aliphatic carbocycles. The van der Waals surface area contributed by atoms with Gasteiger partial charge in [0, 0.05) is 55.1 Å². The number of likely N-dealkylation sites (tertiary alicyclic amines) is 1. The normalized spacial score (nSPS) is 13.8. The third-order valence-corrected chi connectivity index (χ3v) is 6.14. The van der Waals surface area contributed by atoms with Gasteiger partial charge in [0.25, 0.3) is 0 Å². The van der Waals surface area contributed by atoms with Crippen molar-refractivity contribution in [3.05, 3.63) is 67.5 Å². The van der Waals surface area contributed by atoms with Crippen LogP contribution in [0.25, 0.3) is 22.2 Å². The van der Waals surface area contributed by atoms with Crippen LogP contribution < -0.4 is 20.1 Å². The van der Waals surface area contributed by atoms with Crippen LogP contribution in [0, 0.1) is 0 Å². The van der Waals surface area contributed by atoms with E-state index in [2.05, 4.69) is 50.0 Å². The number of ether oxygens (including phenoxy) is 2. The molecule has 0 unspecified atom stereocenters. The van der Waals surface area contributed by atoms with Crippen molar-refractivity contribution in [2.75, 3.05) is 37.9 Å². The maximum absolute atomic E-state index is 12.1. The molecule has 1 amide bonds. The van der Waals surface area contributed by atoms with Gasteiger partial charge in [-0.25, -0.2) is 9.97 Å². The van der Waals surface area contributed by atoms with E-state index in [4.69, 9.17) is 14.5 Å². The van der Waals surface area contributed by atoms with Crippen molar-refractivity contribution in [3.63, 3.8) is 0 Å². The number of nitrogens with one attached hydrogen (secondary N) is 2. The Hall–Kier alpha value is -4.37. The summed E-state index contributed by atoms with van der Waals surface area (Å²) in [4.78, 5) is 23.4. The topological polar surface area (TPSA) is 93.5 Å². The molecule has 36 heavy (non-hydrogen) atoms. The van der Waals surface area contributed by atoms with E-state index in [1.807, 2.05) is 32.3 Å². The first-order chi connectivity index (χ1) is 17.4. The molecule has 9 nitrogen and oxygen atoms in total. The van der Waals surface area contributed by atoms with E-state index in [1.54, 1.807) is 25.4 Å². The number of benzene rings is 2. The van der Waals surface area contributed by atoms with Crippen LogP contribution in [-0.4, -0.2) is 58.7 Å². The molecule has 0 saturated carbocycles. The molecule has 2 aromatic carbocycles. The molecule has 4 aromatic rings. The van der Waals surface area contributed by atoms with E-state index < -0.39 is 0 Å². The Morgan fingerprint density at radius 1 is 1.14 bits per heavy atom. The molecular weight excluding hydrogens is 456 g/mol. The number of amides is 1. The molecule has 3 heterocycles. The van der Waals surface area contributed by atoms with Crippen molar-refractivity contribution in [1.82, 2.24) is 19.4 Å². The lowest BCUT2D eigenvalue weighted by atomic mass is 10.1. The van der Waals surface area contributed by atoms with Crippen molar-refractivity contribution in [1.29, 1.82) is 0 Å². The van der Waals surface area contributed by atoms with Gasteiger partial charge in [0.2, 0.25) is 11.9 Å². The average molecular weight is 485 g/mol. The van der Waals surface area contributed by atoms with Gasteiger partial charge in [-0.15, -0.1) is 0 Å². The average Bonchev–Trinajstić information content (AvgIpc) is 3.21. The van der Waals surface area contributed by atoms with E-state index in [-0.39, 0.29) is 12.0 Å². The van der Waals surface area contributed by atoms with E-state index in [0.29, 0.717) is 28.8 Å². The number of anilines is 3. The fraction of sp³-hybridized carbons (Fsp3) is 0.222. The number of hydrogen-bond acceptors (Lipinski definition) is 7. The van der Waals surface area contributed by atoms with Gasteiger partial charge >= 0.3 is 0 Å². The van der Waals surface area contributed by atoms with Crippen LogP contribution >= 0.6 is 0 Å². The minimum atomic E-state index is -0.337. The minimum Gasteiger partial charge on any atom is -0.494 e. The number of carbonyl (C=O) groups is 1. The van der Waals surface area contributed by atoms with Crippen molar-refractivity contribution < 1.29 is 14.3 Å². The predicted molar refractivity (Wildman–Crippen MR) is 141 cm³/mol. The summed E-state index contributed by atoms with van der Waals surface area (Å²) in [6.07, 6.45) is 5.03. The number of likely N-dealkylation sites (N-methyl/N-ethyl adjacent to an activating group) is 1. The molecule has 2 aromatic heterocycles. The molecule has 1 aliphatic heterocycles. The Morgan fingerprint density at radius 2 is 1.94 bits per heavy atom. The van der Waals surface area contributed by atoms with Crippen LogP contribution in [0.3, 0.4) is 0 Å². The predicted octanol–water partition coefficient (Wildman–Crippen LogP) is 4.20. The second kappa shape index (κ2) is 9.71. The van der Waals surface area contributed by atoms with Gasteiger partial charge in [0.05, 0.1) is 24.2 Å². The number of fused-ring (bicyclic) bond motifs is 1. The van der Waals surface area contributed by atoms with E-state index in [9.17, 15) is 4.79 Å². The van der Waals surface area contributed by atoms with Gasteiger partial charge in [-0.2, -0.15) is 0 Å². The fourth-order valence-electron chi connectivity index (χ4n) is 4.34. The first-order valence-electron chi connectivity index (χ1n) is 11.6. The van der Waals surface area contributed by atoms with Gasteiger partial charge in [-0.3, -0.25) is 9.69 Å². The molecule has 1 aliphatic rings. The Kier molecular flexibility index (Phi) is 6.30. The van der Waals surface area contributed by atoms with Crippen LogP contribution in [0.5, 0.6) is 11.5 Å². The molecule has 0 spiro atoms. The lowest BCUT2D eigenvalue weighted by Gasteiger charge is -2.36. The summed E-state index contributed by atoms with van der Waals surface area (Å²) in [7, 11) is 5.62. The standard InChI is InChI=1S/C27H28N6O3/c1-5-26(34)29-22-12-21(24(35-4)13-25(22)36-17-14-32(2)15-17)31-27-28-11-10-20(30-27)19-16-33(3)23-9-7-6-8-18(19)23/h5-13,16-17H,1,14-15H2,2-4H3,(H,29,34)(H,28,30,31). The highest BCUT2D eigenvalue weighted by atomic mass is 16.5. The highest BCUT2D eigenvalue weighted by Crippen LogP contribution is 2.39. The van der Waals surface area contributed by atoms with Crippen LogP contribution in [0.1, 0.15) is 0 Å². The molecule has 2 N–H and O–H groups in total. The molecule has 5 rings (SSSR count). The van der Waals surface area contributed by atoms with Crippen LogP contribution in [0.2, 0.25) is 0 Å². The smallest absolute Gasteiger partial charge is 0.247 e. The Balaban J connectivity index is 1.48. The zero-order chi connectivity index (χ0) is 25.2. The molecule has 1 saturated heterocycles. The number of hydrogen-bond donors (Lipinski definition) is 2. The van der Waals surface area contributed by atoms with Crippen molar-refractivity contribution in [2.24, 2.45) is 7.05 Å². The number of carbonyl (C=O) groups excluding carboxylic acids is 1. The number of rotatable bonds is 8. The zero-order valence-electron chi connectivity index (χ0n) is 20.5. The molecular formula is C27H28N6O3. The summed E-state index contributed by atoms with van der Waals surface area (Å²) in [5.41, 5.74) is 4.02. The SMILES string of the molecule is C=CC(=O)Nc1cc(Nc2nccc(-c3cn(C)c4ccccc34)n2)c(OC)cc1OC1CN(C)C1. The largest absolute Gasteiger partial charge is 0.494 e. The monoisotopic (exact) mass is 484 g/mol. The van der Waals surface area contributed by atoms with Crippen molar-refractivity contribution >= 4 is 34.1 Å². The summed E-state index contributed by atoms with van der Waals surface area (Å²) >= 11 is 0. The molecule has 9 heteroatoms. The summed E-state index contributed by atoms with van der Waals surface area (Å²) < 4.78 is 13.8. The van der Waals surface area contributed by atoms with Gasteiger partial charge in [-0.05, 0) is 31.3 Å². The number of aryl methyl sites for hydroxylation is 1. The van der Waals surface area contributed by atoms with Crippen LogP contribution in [0.4, 0.5) is 17.3 Å². The summed E-state index contributed by atoms with van der Waals surface area (Å²) in [6, 6.07) is 13.6. The Labute approximate surface area is 209 Å². The molecule has 1 fully saturated rings.